The normalized spacial score (nSPS) is 11.5. The first-order valence-corrected chi connectivity index (χ1v) is 15.6. The smallest absolute Gasteiger partial charge is 0.282 e. The summed E-state index contributed by atoms with van der Waals surface area (Å²) in [5.41, 5.74) is 4.56. The molecule has 0 aliphatic heterocycles. The summed E-state index contributed by atoms with van der Waals surface area (Å²) in [6.07, 6.45) is 1.62. The molecule has 0 aliphatic carbocycles. The monoisotopic (exact) mass is 741 g/mol. The van der Waals surface area contributed by atoms with E-state index in [0.717, 1.165) is 31.6 Å². The third kappa shape index (κ3) is 6.57. The van der Waals surface area contributed by atoms with Crippen molar-refractivity contribution in [2.45, 2.75) is 33.3 Å². The predicted octanol–water partition coefficient (Wildman–Crippen LogP) is 8.89. The molecule has 7 nitrogen and oxygen atoms in total. The highest BCUT2D eigenvalue weighted by Gasteiger charge is 2.19. The largest absolute Gasteiger partial charge is 0.496 e. The maximum absolute atomic E-state index is 13.8. The Bertz CT molecular complexity index is 1960. The van der Waals surface area contributed by atoms with E-state index >= 15 is 0 Å². The van der Waals surface area contributed by atoms with Crippen LogP contribution in [0.15, 0.2) is 76.6 Å². The van der Waals surface area contributed by atoms with Gasteiger partial charge in [0.05, 0.1) is 34.9 Å². The molecule has 5 rings (SSSR count). The zero-order valence-electron chi connectivity index (χ0n) is 24.8. The molecule has 0 atom stereocenters. The van der Waals surface area contributed by atoms with E-state index in [2.05, 4.69) is 41.5 Å². The van der Waals surface area contributed by atoms with Crippen molar-refractivity contribution in [2.24, 2.45) is 5.10 Å². The van der Waals surface area contributed by atoms with E-state index in [4.69, 9.17) is 42.4 Å². The molecule has 0 aliphatic rings. The number of methoxy groups -OCH3 is 2. The number of benzene rings is 4. The quantitative estimate of drug-likeness (QED) is 0.112. The van der Waals surface area contributed by atoms with Gasteiger partial charge >= 0.3 is 0 Å². The molecule has 0 spiro atoms. The van der Waals surface area contributed by atoms with Gasteiger partial charge in [-0.15, -0.1) is 0 Å². The fourth-order valence-electron chi connectivity index (χ4n) is 4.84. The zero-order chi connectivity index (χ0) is 31.5. The van der Waals surface area contributed by atoms with Crippen molar-refractivity contribution >= 4 is 62.9 Å². The molecule has 0 saturated carbocycles. The van der Waals surface area contributed by atoms with Gasteiger partial charge in [-0.05, 0) is 101 Å². The molecule has 44 heavy (non-hydrogen) atoms. The van der Waals surface area contributed by atoms with Crippen LogP contribution in [0.5, 0.6) is 17.2 Å². The lowest BCUT2D eigenvalue weighted by molar-refractivity contribution is 0.282. The highest BCUT2D eigenvalue weighted by atomic mass is 127. The molecule has 1 aromatic heterocycles. The number of hydrogen-bond acceptors (Lipinski definition) is 6. The molecule has 0 fully saturated rings. The van der Waals surface area contributed by atoms with Gasteiger partial charge in [0.15, 0.2) is 17.3 Å². The number of ether oxygens (including phenoxy) is 3. The molecule has 0 N–H and O–H groups in total. The highest BCUT2D eigenvalue weighted by Crippen LogP contribution is 2.36. The molecule has 0 radical (unpaired) electrons. The Morgan fingerprint density at radius 3 is 2.45 bits per heavy atom. The van der Waals surface area contributed by atoms with Crippen LogP contribution < -0.4 is 19.8 Å². The average molecular weight is 742 g/mol. The lowest BCUT2D eigenvalue weighted by Gasteiger charge is -2.17. The van der Waals surface area contributed by atoms with Crippen molar-refractivity contribution in [3.63, 3.8) is 0 Å². The summed E-state index contributed by atoms with van der Waals surface area (Å²) in [4.78, 5) is 18.7. The molecule has 226 valence electrons. The van der Waals surface area contributed by atoms with E-state index in [1.165, 1.54) is 4.68 Å². The molecule has 0 amide bonds. The number of halogens is 3. The Balaban J connectivity index is 1.58. The Labute approximate surface area is 279 Å². The van der Waals surface area contributed by atoms with Gasteiger partial charge in [0.1, 0.15) is 12.4 Å². The van der Waals surface area contributed by atoms with Crippen LogP contribution in [0.4, 0.5) is 0 Å². The fraction of sp³-hybridized carbons (Fsp3) is 0.206. The Morgan fingerprint density at radius 2 is 1.75 bits per heavy atom. The predicted molar refractivity (Wildman–Crippen MR) is 186 cm³/mol. The Hall–Kier alpha value is -3.60. The van der Waals surface area contributed by atoms with Gasteiger partial charge in [-0.2, -0.15) is 9.78 Å². The van der Waals surface area contributed by atoms with Crippen molar-refractivity contribution in [1.82, 2.24) is 9.66 Å². The van der Waals surface area contributed by atoms with Crippen LogP contribution in [-0.2, 0) is 6.61 Å². The minimum absolute atomic E-state index is 0.194. The van der Waals surface area contributed by atoms with E-state index in [1.807, 2.05) is 49.4 Å². The molecular weight excluding hydrogens is 712 g/mol. The van der Waals surface area contributed by atoms with Crippen LogP contribution in [0, 0.1) is 10.5 Å². The molecule has 5 aromatic rings. The SMILES string of the molecule is COc1cc(C)c(-c2nc3ccccc3c(=O)n2N=Cc2cc(I)c(OCc3ccc(Cl)cc3Cl)c(OC)c2)cc1C(C)C. The zero-order valence-corrected chi connectivity index (χ0v) is 28.5. The van der Waals surface area contributed by atoms with Gasteiger partial charge in [0, 0.05) is 21.2 Å². The minimum atomic E-state index is -0.273. The number of aromatic nitrogens is 2. The van der Waals surface area contributed by atoms with Crippen molar-refractivity contribution in [1.29, 1.82) is 0 Å². The Kier molecular flexibility index (Phi) is 9.82. The second kappa shape index (κ2) is 13.6. The third-order valence-corrected chi connectivity index (χ3v) is 8.54. The lowest BCUT2D eigenvalue weighted by atomic mass is 9.96. The second-order valence-corrected chi connectivity index (χ2v) is 12.4. The molecule has 1 heterocycles. The number of fused-ring (bicyclic) bond motifs is 1. The minimum Gasteiger partial charge on any atom is -0.496 e. The van der Waals surface area contributed by atoms with Crippen LogP contribution in [0.3, 0.4) is 0 Å². The summed E-state index contributed by atoms with van der Waals surface area (Å²) in [5.74, 6) is 2.51. The molecule has 0 saturated heterocycles. The Morgan fingerprint density at radius 1 is 1.00 bits per heavy atom. The van der Waals surface area contributed by atoms with Crippen LogP contribution >= 0.6 is 45.8 Å². The number of para-hydroxylation sites is 1. The van der Waals surface area contributed by atoms with Crippen LogP contribution in [0.2, 0.25) is 10.0 Å². The summed E-state index contributed by atoms with van der Waals surface area (Å²) >= 11 is 14.6. The topological polar surface area (TPSA) is 74.9 Å². The van der Waals surface area contributed by atoms with Gasteiger partial charge < -0.3 is 14.2 Å². The molecule has 4 aromatic carbocycles. The average Bonchev–Trinajstić information content (AvgIpc) is 3.00. The van der Waals surface area contributed by atoms with Gasteiger partial charge in [-0.3, -0.25) is 4.79 Å². The van der Waals surface area contributed by atoms with E-state index in [9.17, 15) is 4.79 Å². The van der Waals surface area contributed by atoms with Crippen LogP contribution in [0.25, 0.3) is 22.3 Å². The van der Waals surface area contributed by atoms with Crippen LogP contribution in [0.1, 0.15) is 42.0 Å². The van der Waals surface area contributed by atoms with Crippen molar-refractivity contribution in [3.05, 3.63) is 113 Å². The summed E-state index contributed by atoms with van der Waals surface area (Å²) < 4.78 is 19.6. The number of hydrogen-bond donors (Lipinski definition) is 0. The second-order valence-electron chi connectivity index (χ2n) is 10.4. The summed E-state index contributed by atoms with van der Waals surface area (Å²) in [7, 11) is 3.23. The van der Waals surface area contributed by atoms with Gasteiger partial charge in [-0.1, -0.05) is 55.2 Å². The van der Waals surface area contributed by atoms with Crippen molar-refractivity contribution in [3.8, 4) is 28.6 Å². The van der Waals surface area contributed by atoms with Gasteiger partial charge in [0.25, 0.3) is 5.56 Å². The summed E-state index contributed by atoms with van der Waals surface area (Å²) in [6.45, 7) is 6.41. The lowest BCUT2D eigenvalue weighted by Crippen LogP contribution is -2.21. The maximum atomic E-state index is 13.8. The highest BCUT2D eigenvalue weighted by molar-refractivity contribution is 14.1. The molecule has 0 unspecified atom stereocenters. The van der Waals surface area contributed by atoms with Crippen LogP contribution in [-0.4, -0.2) is 30.1 Å². The van der Waals surface area contributed by atoms with E-state index in [1.54, 1.807) is 44.7 Å². The molecule has 0 bridgehead atoms. The third-order valence-electron chi connectivity index (χ3n) is 7.15. The first-order chi connectivity index (χ1) is 21.1. The van der Waals surface area contributed by atoms with Gasteiger partial charge in [0.2, 0.25) is 0 Å². The standard InChI is InChI=1S/C34H30Cl2IN3O4/c1-19(2)25-16-26(20(3)12-30(25)42-4)33-39-29-9-7-6-8-24(29)34(41)40(33)38-17-21-13-28(37)32(31(14-21)43-5)44-18-22-10-11-23(35)15-27(22)36/h6-17,19H,18H2,1-5H3. The number of nitrogens with zero attached hydrogens (tertiary/aromatic N) is 3. The molecular formula is C34H30Cl2IN3O4. The van der Waals surface area contributed by atoms with E-state index < -0.39 is 0 Å². The fourth-order valence-corrected chi connectivity index (χ4v) is 6.08. The number of aryl methyl sites for hydroxylation is 1. The number of rotatable bonds is 9. The van der Waals surface area contributed by atoms with Crippen molar-refractivity contribution < 1.29 is 14.2 Å². The first-order valence-electron chi connectivity index (χ1n) is 13.8. The maximum Gasteiger partial charge on any atom is 0.282 e. The van der Waals surface area contributed by atoms with Crippen molar-refractivity contribution in [2.75, 3.05) is 14.2 Å². The summed E-state index contributed by atoms with van der Waals surface area (Å²) in [5, 5.41) is 6.23. The first kappa shape index (κ1) is 31.8. The van der Waals surface area contributed by atoms with E-state index in [-0.39, 0.29) is 18.1 Å². The summed E-state index contributed by atoms with van der Waals surface area (Å²) in [6, 6.07) is 20.3. The molecule has 10 heteroatoms. The van der Waals surface area contributed by atoms with Gasteiger partial charge in [-0.25, -0.2) is 4.98 Å². The van der Waals surface area contributed by atoms with E-state index in [0.29, 0.717) is 43.8 Å².